The average molecular weight is 419 g/mol. The second-order valence-corrected chi connectivity index (χ2v) is 7.80. The second kappa shape index (κ2) is 7.92. The van der Waals surface area contributed by atoms with Gasteiger partial charge in [-0.25, -0.2) is 0 Å². The summed E-state index contributed by atoms with van der Waals surface area (Å²) in [6.07, 6.45) is 0.420. The van der Waals surface area contributed by atoms with E-state index in [-0.39, 0.29) is 0 Å². The minimum Gasteiger partial charge on any atom is -0.448 e. The number of halogens is 2. The molecule has 0 saturated heterocycles. The van der Waals surface area contributed by atoms with E-state index in [1.807, 2.05) is 24.3 Å². The Balaban J connectivity index is 1.83. The fraction of sp³-hybridized carbons (Fsp3) is 0.211. The summed E-state index contributed by atoms with van der Waals surface area (Å²) in [6, 6.07) is 13.2. The molecule has 3 aromatic rings. The molecule has 1 aliphatic heterocycles. The van der Waals surface area contributed by atoms with E-state index in [0.29, 0.717) is 32.3 Å². The molecule has 0 radical (unpaired) electrons. The summed E-state index contributed by atoms with van der Waals surface area (Å²) in [7, 11) is 0. The van der Waals surface area contributed by atoms with E-state index in [1.165, 1.54) is 0 Å². The molecule has 27 heavy (non-hydrogen) atoms. The van der Waals surface area contributed by atoms with Gasteiger partial charge in [0.15, 0.2) is 5.69 Å². The first-order valence-corrected chi connectivity index (χ1v) is 10.3. The van der Waals surface area contributed by atoms with Crippen molar-refractivity contribution in [2.75, 3.05) is 11.1 Å². The zero-order valence-corrected chi connectivity index (χ0v) is 16.8. The van der Waals surface area contributed by atoms with E-state index in [4.69, 9.17) is 27.9 Å². The molecule has 0 spiro atoms. The first-order valence-electron chi connectivity index (χ1n) is 8.51. The third-order valence-corrected chi connectivity index (χ3v) is 5.73. The maximum absolute atomic E-state index is 6.41. The Morgan fingerprint density at radius 2 is 1.85 bits per heavy atom. The van der Waals surface area contributed by atoms with Crippen LogP contribution in [0.1, 0.15) is 25.1 Å². The van der Waals surface area contributed by atoms with Crippen LogP contribution in [0.2, 0.25) is 10.0 Å². The minimum absolute atomic E-state index is 0.405. The van der Waals surface area contributed by atoms with Gasteiger partial charge in [0.1, 0.15) is 0 Å². The second-order valence-electron chi connectivity index (χ2n) is 5.92. The van der Waals surface area contributed by atoms with Gasteiger partial charge >= 0.3 is 0 Å². The van der Waals surface area contributed by atoms with Crippen LogP contribution < -0.4 is 10.1 Å². The monoisotopic (exact) mass is 418 g/mol. The van der Waals surface area contributed by atoms with Crippen LogP contribution in [0, 0.1) is 0 Å². The van der Waals surface area contributed by atoms with Crippen LogP contribution in [0.15, 0.2) is 47.6 Å². The molecule has 0 bridgehead atoms. The Bertz CT molecular complexity index is 965. The SMILES string of the molecule is CCCSc1nnc2c(n1)O[C@H](c1c(Cl)cccc1Cl)Nc1ccccc1-2. The lowest BCUT2D eigenvalue weighted by Gasteiger charge is -2.21. The Morgan fingerprint density at radius 3 is 2.63 bits per heavy atom. The molecule has 2 heterocycles. The number of rotatable bonds is 4. The lowest BCUT2D eigenvalue weighted by molar-refractivity contribution is 0.225. The molecule has 0 aliphatic carbocycles. The van der Waals surface area contributed by atoms with E-state index < -0.39 is 6.23 Å². The Hall–Kier alpha value is -2.02. The summed E-state index contributed by atoms with van der Waals surface area (Å²) in [5.41, 5.74) is 2.96. The summed E-state index contributed by atoms with van der Waals surface area (Å²) < 4.78 is 6.20. The number of para-hydroxylation sites is 1. The molecule has 0 amide bonds. The molecule has 0 fully saturated rings. The molecule has 0 saturated carbocycles. The zero-order chi connectivity index (χ0) is 18.8. The number of hydrogen-bond donors (Lipinski definition) is 1. The fourth-order valence-electron chi connectivity index (χ4n) is 2.79. The summed E-state index contributed by atoms with van der Waals surface area (Å²) in [6.45, 7) is 2.11. The van der Waals surface area contributed by atoms with Crippen molar-refractivity contribution in [2.24, 2.45) is 0 Å². The van der Waals surface area contributed by atoms with Crippen LogP contribution in [0.25, 0.3) is 11.3 Å². The normalized spacial score (nSPS) is 15.1. The fourth-order valence-corrected chi connectivity index (χ4v) is 4.02. The number of nitrogens with zero attached hydrogens (tertiary/aromatic N) is 3. The third-order valence-electron chi connectivity index (χ3n) is 4.03. The standard InChI is InChI=1S/C19H16Cl2N4OS/c1-2-10-27-19-23-18-16(24-25-19)11-6-3-4-9-14(11)22-17(26-18)15-12(20)7-5-8-13(15)21/h3-9,17,22H,2,10H2,1H3/t17-/m1/s1. The first kappa shape index (κ1) is 18.3. The van der Waals surface area contributed by atoms with Gasteiger partial charge in [-0.2, -0.15) is 4.98 Å². The summed E-state index contributed by atoms with van der Waals surface area (Å²) >= 11 is 14.4. The van der Waals surface area contributed by atoms with Crippen LogP contribution in [-0.4, -0.2) is 20.9 Å². The van der Waals surface area contributed by atoms with Gasteiger partial charge in [-0.15, -0.1) is 10.2 Å². The molecule has 4 rings (SSSR count). The zero-order valence-electron chi connectivity index (χ0n) is 14.4. The molecule has 1 aromatic heterocycles. The molecular weight excluding hydrogens is 403 g/mol. The molecule has 1 atom stereocenters. The average Bonchev–Trinajstić information content (AvgIpc) is 2.82. The molecular formula is C19H16Cl2N4OS. The maximum atomic E-state index is 6.41. The van der Waals surface area contributed by atoms with Crippen LogP contribution in [-0.2, 0) is 0 Å². The van der Waals surface area contributed by atoms with Crippen molar-refractivity contribution in [3.05, 3.63) is 58.1 Å². The van der Waals surface area contributed by atoms with E-state index in [2.05, 4.69) is 27.4 Å². The lowest BCUT2D eigenvalue weighted by Crippen LogP contribution is -2.18. The van der Waals surface area contributed by atoms with Gasteiger partial charge in [-0.05, 0) is 24.6 Å². The van der Waals surface area contributed by atoms with Crippen molar-refractivity contribution in [3.8, 4) is 17.1 Å². The van der Waals surface area contributed by atoms with Gasteiger partial charge in [0.2, 0.25) is 17.3 Å². The van der Waals surface area contributed by atoms with Crippen molar-refractivity contribution in [2.45, 2.75) is 24.7 Å². The minimum atomic E-state index is -0.602. The van der Waals surface area contributed by atoms with Crippen LogP contribution in [0.3, 0.4) is 0 Å². The molecule has 1 N–H and O–H groups in total. The number of nitrogens with one attached hydrogen (secondary N) is 1. The predicted octanol–water partition coefficient (Wildman–Crippen LogP) is 5.85. The van der Waals surface area contributed by atoms with Gasteiger partial charge in [-0.3, -0.25) is 0 Å². The van der Waals surface area contributed by atoms with Gasteiger partial charge in [0.05, 0.1) is 15.6 Å². The summed E-state index contributed by atoms with van der Waals surface area (Å²) in [4.78, 5) is 4.59. The number of benzene rings is 2. The van der Waals surface area contributed by atoms with E-state index >= 15 is 0 Å². The molecule has 5 nitrogen and oxygen atoms in total. The van der Waals surface area contributed by atoms with E-state index in [1.54, 1.807) is 30.0 Å². The molecule has 138 valence electrons. The number of aromatic nitrogens is 3. The van der Waals surface area contributed by atoms with Crippen LogP contribution in [0.4, 0.5) is 5.69 Å². The molecule has 8 heteroatoms. The van der Waals surface area contributed by atoms with Crippen molar-refractivity contribution in [3.63, 3.8) is 0 Å². The number of hydrogen-bond acceptors (Lipinski definition) is 6. The highest BCUT2D eigenvalue weighted by Gasteiger charge is 2.28. The Kier molecular flexibility index (Phi) is 5.38. The van der Waals surface area contributed by atoms with Gasteiger partial charge in [0, 0.05) is 17.0 Å². The van der Waals surface area contributed by atoms with Crippen LogP contribution >= 0.6 is 35.0 Å². The van der Waals surface area contributed by atoms with Crippen molar-refractivity contribution in [1.82, 2.24) is 15.2 Å². The third kappa shape index (κ3) is 3.70. The van der Waals surface area contributed by atoms with Crippen LogP contribution in [0.5, 0.6) is 5.88 Å². The highest BCUT2D eigenvalue weighted by Crippen LogP contribution is 2.42. The summed E-state index contributed by atoms with van der Waals surface area (Å²) in [5.74, 6) is 1.32. The predicted molar refractivity (Wildman–Crippen MR) is 110 cm³/mol. The summed E-state index contributed by atoms with van der Waals surface area (Å²) in [5, 5.41) is 13.6. The van der Waals surface area contributed by atoms with Gasteiger partial charge < -0.3 is 10.1 Å². The Morgan fingerprint density at radius 1 is 1.07 bits per heavy atom. The van der Waals surface area contributed by atoms with E-state index in [0.717, 1.165) is 23.4 Å². The topological polar surface area (TPSA) is 59.9 Å². The van der Waals surface area contributed by atoms with Crippen molar-refractivity contribution < 1.29 is 4.74 Å². The largest absolute Gasteiger partial charge is 0.448 e. The highest BCUT2D eigenvalue weighted by molar-refractivity contribution is 7.99. The Labute approximate surface area is 171 Å². The highest BCUT2D eigenvalue weighted by atomic mass is 35.5. The smallest absolute Gasteiger partial charge is 0.247 e. The molecule has 2 aromatic carbocycles. The first-order chi connectivity index (χ1) is 13.2. The maximum Gasteiger partial charge on any atom is 0.247 e. The van der Waals surface area contributed by atoms with E-state index in [9.17, 15) is 0 Å². The number of fused-ring (bicyclic) bond motifs is 3. The van der Waals surface area contributed by atoms with Gasteiger partial charge in [0.25, 0.3) is 0 Å². The van der Waals surface area contributed by atoms with Crippen molar-refractivity contribution in [1.29, 1.82) is 0 Å². The molecule has 1 aliphatic rings. The number of thioether (sulfide) groups is 1. The quantitative estimate of drug-likeness (QED) is 0.536. The van der Waals surface area contributed by atoms with Crippen molar-refractivity contribution >= 4 is 40.7 Å². The lowest BCUT2D eigenvalue weighted by atomic mass is 10.1. The van der Waals surface area contributed by atoms with Gasteiger partial charge in [-0.1, -0.05) is 66.2 Å². The number of ether oxygens (including phenoxy) is 1. The number of anilines is 1. The molecule has 0 unspecified atom stereocenters.